The molecule has 1 saturated heterocycles. The maximum absolute atomic E-state index is 12.3. The summed E-state index contributed by atoms with van der Waals surface area (Å²) in [6.07, 6.45) is 5.23. The Morgan fingerprint density at radius 3 is 2.57 bits per heavy atom. The number of hydrogen-bond donors (Lipinski definition) is 2. The van der Waals surface area contributed by atoms with Gasteiger partial charge in [0.15, 0.2) is 0 Å². The number of rotatable bonds is 6. The van der Waals surface area contributed by atoms with Gasteiger partial charge in [0.1, 0.15) is 0 Å². The fourth-order valence-electron chi connectivity index (χ4n) is 3.57. The van der Waals surface area contributed by atoms with Crippen LogP contribution in [0.25, 0.3) is 0 Å². The second-order valence-corrected chi connectivity index (χ2v) is 7.95. The quantitative estimate of drug-likeness (QED) is 0.708. The molecule has 1 aromatic carbocycles. The smallest absolute Gasteiger partial charge is 0.309 e. The van der Waals surface area contributed by atoms with Crippen LogP contribution < -0.4 is 10.6 Å². The minimum atomic E-state index is -0.761. The molecule has 1 heterocycles. The molecule has 0 saturated carbocycles. The number of aryl methyl sites for hydroxylation is 2. The van der Waals surface area contributed by atoms with Crippen molar-refractivity contribution >= 4 is 34.7 Å². The number of fused-ring (bicyclic) bond motifs is 1. The number of thioether (sulfide) groups is 1. The van der Waals surface area contributed by atoms with E-state index < -0.39 is 11.8 Å². The van der Waals surface area contributed by atoms with Gasteiger partial charge < -0.3 is 10.6 Å². The zero-order valence-electron chi connectivity index (χ0n) is 16.0. The molecule has 1 aliphatic heterocycles. The average Bonchev–Trinajstić information content (AvgIpc) is 3.03. The Morgan fingerprint density at radius 2 is 1.89 bits per heavy atom. The van der Waals surface area contributed by atoms with Crippen LogP contribution in [0.5, 0.6) is 0 Å². The van der Waals surface area contributed by atoms with Crippen molar-refractivity contribution in [1.82, 2.24) is 15.5 Å². The summed E-state index contributed by atoms with van der Waals surface area (Å²) in [7, 11) is 0. The maximum atomic E-state index is 12.3. The molecule has 8 heteroatoms. The maximum Gasteiger partial charge on any atom is 0.309 e. The molecule has 0 spiro atoms. The van der Waals surface area contributed by atoms with E-state index in [2.05, 4.69) is 22.8 Å². The second kappa shape index (κ2) is 9.23. The van der Waals surface area contributed by atoms with Gasteiger partial charge in [-0.1, -0.05) is 36.9 Å². The highest BCUT2D eigenvalue weighted by molar-refractivity contribution is 8.14. The predicted octanol–water partition coefficient (Wildman–Crippen LogP) is 1.94. The van der Waals surface area contributed by atoms with Crippen LogP contribution in [0, 0.1) is 0 Å². The van der Waals surface area contributed by atoms with Gasteiger partial charge in [0.2, 0.25) is 5.91 Å². The van der Waals surface area contributed by atoms with Gasteiger partial charge in [0.05, 0.1) is 11.8 Å². The molecule has 4 amide bonds. The summed E-state index contributed by atoms with van der Waals surface area (Å²) >= 11 is 0.943. The van der Waals surface area contributed by atoms with Crippen molar-refractivity contribution in [3.05, 3.63) is 34.9 Å². The van der Waals surface area contributed by atoms with E-state index >= 15 is 0 Å². The van der Waals surface area contributed by atoms with E-state index in [1.54, 1.807) is 0 Å². The highest BCUT2D eigenvalue weighted by Gasteiger charge is 2.29. The summed E-state index contributed by atoms with van der Waals surface area (Å²) in [6.45, 7) is 2.09. The van der Waals surface area contributed by atoms with Gasteiger partial charge in [-0.3, -0.25) is 24.1 Å². The first-order valence-corrected chi connectivity index (χ1v) is 10.7. The number of carbonyl (C=O) groups is 4. The molecule has 0 aromatic heterocycles. The van der Waals surface area contributed by atoms with Crippen molar-refractivity contribution < 1.29 is 19.2 Å². The van der Waals surface area contributed by atoms with Crippen LogP contribution in [0.1, 0.15) is 48.9 Å². The molecule has 1 aromatic rings. The lowest BCUT2D eigenvalue weighted by Crippen LogP contribution is -2.44. The van der Waals surface area contributed by atoms with Crippen LogP contribution in [0.2, 0.25) is 0 Å². The normalized spacial score (nSPS) is 17.2. The van der Waals surface area contributed by atoms with E-state index in [9.17, 15) is 19.2 Å². The Morgan fingerprint density at radius 1 is 1.14 bits per heavy atom. The van der Waals surface area contributed by atoms with Crippen molar-refractivity contribution in [2.75, 3.05) is 18.8 Å². The minimum Gasteiger partial charge on any atom is -0.346 e. The van der Waals surface area contributed by atoms with Crippen LogP contribution in [-0.2, 0) is 27.2 Å². The van der Waals surface area contributed by atoms with Gasteiger partial charge in [-0.2, -0.15) is 0 Å². The molecule has 1 fully saturated rings. The van der Waals surface area contributed by atoms with E-state index in [4.69, 9.17) is 0 Å². The van der Waals surface area contributed by atoms with Crippen molar-refractivity contribution in [1.29, 1.82) is 0 Å². The number of benzene rings is 1. The van der Waals surface area contributed by atoms with E-state index in [0.29, 0.717) is 6.42 Å². The summed E-state index contributed by atoms with van der Waals surface area (Å²) in [6, 6.07) is 6.06. The monoisotopic (exact) mass is 403 g/mol. The zero-order chi connectivity index (χ0) is 20.1. The Kier molecular flexibility index (Phi) is 6.72. The van der Waals surface area contributed by atoms with Gasteiger partial charge in [0.25, 0.3) is 5.24 Å². The summed E-state index contributed by atoms with van der Waals surface area (Å²) in [5.41, 5.74) is 3.71. The number of hydrogen-bond acceptors (Lipinski definition) is 5. The molecule has 2 N–H and O–H groups in total. The molecule has 1 atom stereocenters. The third-order valence-electron chi connectivity index (χ3n) is 5.16. The Labute approximate surface area is 168 Å². The van der Waals surface area contributed by atoms with E-state index in [-0.39, 0.29) is 36.0 Å². The van der Waals surface area contributed by atoms with Crippen LogP contribution in [-0.4, -0.2) is 46.7 Å². The molecule has 3 rings (SSSR count). The third-order valence-corrected chi connectivity index (χ3v) is 6.01. The lowest BCUT2D eigenvalue weighted by molar-refractivity contribution is -0.139. The van der Waals surface area contributed by atoms with Gasteiger partial charge >= 0.3 is 11.8 Å². The second-order valence-electron chi connectivity index (χ2n) is 7.03. The number of nitrogens with zero attached hydrogens (tertiary/aromatic N) is 1. The predicted molar refractivity (Wildman–Crippen MR) is 107 cm³/mol. The fourth-order valence-corrected chi connectivity index (χ4v) is 4.33. The zero-order valence-corrected chi connectivity index (χ0v) is 16.8. The summed E-state index contributed by atoms with van der Waals surface area (Å²) in [5.74, 6) is -1.61. The first-order chi connectivity index (χ1) is 13.5. The molecule has 150 valence electrons. The number of nitrogens with one attached hydrogen (secondary N) is 2. The van der Waals surface area contributed by atoms with Crippen molar-refractivity contribution in [3.63, 3.8) is 0 Å². The Balaban J connectivity index is 1.52. The molecule has 1 aliphatic carbocycles. The molecule has 7 nitrogen and oxygen atoms in total. The van der Waals surface area contributed by atoms with E-state index in [1.165, 1.54) is 24.0 Å². The Bertz CT molecular complexity index is 780. The van der Waals surface area contributed by atoms with Crippen LogP contribution >= 0.6 is 11.8 Å². The largest absolute Gasteiger partial charge is 0.346 e. The molecule has 1 unspecified atom stereocenters. The average molecular weight is 404 g/mol. The lowest BCUT2D eigenvalue weighted by Gasteiger charge is -2.21. The van der Waals surface area contributed by atoms with Crippen LogP contribution in [0.15, 0.2) is 18.2 Å². The lowest BCUT2D eigenvalue weighted by atomic mass is 9.89. The number of amides is 4. The van der Waals surface area contributed by atoms with Gasteiger partial charge in [-0.05, 0) is 48.8 Å². The molecular weight excluding hydrogens is 378 g/mol. The molecule has 0 radical (unpaired) electrons. The SMILES string of the molecule is CCC(NC(=O)C(=O)NCCN1C(=O)CSC1=O)c1ccc2c(c1)CCCC2. The molecule has 2 aliphatic rings. The first kappa shape index (κ1) is 20.4. The highest BCUT2D eigenvalue weighted by atomic mass is 32.2. The van der Waals surface area contributed by atoms with Gasteiger partial charge in [0, 0.05) is 13.1 Å². The summed E-state index contributed by atoms with van der Waals surface area (Å²) in [5, 5.41) is 4.94. The van der Waals surface area contributed by atoms with Gasteiger partial charge in [-0.15, -0.1) is 0 Å². The standard InChI is InChI=1S/C20H25N3O4S/c1-2-16(15-8-7-13-5-3-4-6-14(13)11-15)22-19(26)18(25)21-9-10-23-17(24)12-28-20(23)27/h7-8,11,16H,2-6,9-10,12H2,1H3,(H,21,25)(H,22,26). The van der Waals surface area contributed by atoms with E-state index in [1.807, 2.05) is 13.0 Å². The molecular formula is C20H25N3O4S. The number of carbonyl (C=O) groups excluding carboxylic acids is 4. The van der Waals surface area contributed by atoms with Crippen molar-refractivity contribution in [2.24, 2.45) is 0 Å². The van der Waals surface area contributed by atoms with E-state index in [0.717, 1.165) is 35.1 Å². The first-order valence-electron chi connectivity index (χ1n) is 9.67. The Hall–Kier alpha value is -2.35. The molecule has 28 heavy (non-hydrogen) atoms. The van der Waals surface area contributed by atoms with Crippen LogP contribution in [0.4, 0.5) is 4.79 Å². The third kappa shape index (κ3) is 4.73. The topological polar surface area (TPSA) is 95.6 Å². The van der Waals surface area contributed by atoms with Gasteiger partial charge in [-0.25, -0.2) is 0 Å². The minimum absolute atomic E-state index is 0.0555. The highest BCUT2D eigenvalue weighted by Crippen LogP contribution is 2.26. The van der Waals surface area contributed by atoms with Crippen molar-refractivity contribution in [3.8, 4) is 0 Å². The summed E-state index contributed by atoms with van der Waals surface area (Å²) < 4.78 is 0. The molecule has 0 bridgehead atoms. The summed E-state index contributed by atoms with van der Waals surface area (Å²) in [4.78, 5) is 48.5. The van der Waals surface area contributed by atoms with Crippen molar-refractivity contribution in [2.45, 2.75) is 45.1 Å². The van der Waals surface area contributed by atoms with Crippen LogP contribution in [0.3, 0.4) is 0 Å². The fraction of sp³-hybridized carbons (Fsp3) is 0.500. The number of imide groups is 1.